The lowest BCUT2D eigenvalue weighted by atomic mass is 10.1. The molecule has 0 bridgehead atoms. The smallest absolute Gasteiger partial charge is 0.253 e. The Bertz CT molecular complexity index is 870. The van der Waals surface area contributed by atoms with E-state index in [-0.39, 0.29) is 18.2 Å². The van der Waals surface area contributed by atoms with Crippen LogP contribution in [0.25, 0.3) is 0 Å². The summed E-state index contributed by atoms with van der Waals surface area (Å²) in [5.41, 5.74) is 2.74. The highest BCUT2D eigenvalue weighted by atomic mass is 16.5. The Labute approximate surface area is 176 Å². The summed E-state index contributed by atoms with van der Waals surface area (Å²) in [6.45, 7) is 7.68. The molecule has 2 amide bonds. The number of morpholine rings is 1. The van der Waals surface area contributed by atoms with Crippen molar-refractivity contribution in [1.82, 2.24) is 15.0 Å². The fraction of sp³-hybridized carbons (Fsp3) is 0.500. The molecule has 30 heavy (non-hydrogen) atoms. The van der Waals surface area contributed by atoms with E-state index in [1.165, 1.54) is 5.69 Å². The Kier molecular flexibility index (Phi) is 6.03. The van der Waals surface area contributed by atoms with Crippen molar-refractivity contribution in [2.45, 2.75) is 26.4 Å². The fourth-order valence-corrected chi connectivity index (χ4v) is 4.07. The molecule has 2 fully saturated rings. The minimum absolute atomic E-state index is 0.0283. The lowest BCUT2D eigenvalue weighted by Gasteiger charge is -2.39. The largest absolute Gasteiger partial charge is 0.368 e. The van der Waals surface area contributed by atoms with Crippen LogP contribution in [0.4, 0.5) is 5.69 Å². The van der Waals surface area contributed by atoms with Gasteiger partial charge in [-0.05, 0) is 26.0 Å². The maximum atomic E-state index is 13.0. The van der Waals surface area contributed by atoms with E-state index in [4.69, 9.17) is 9.26 Å². The molecule has 2 aliphatic heterocycles. The van der Waals surface area contributed by atoms with Crippen LogP contribution >= 0.6 is 0 Å². The summed E-state index contributed by atoms with van der Waals surface area (Å²) in [6.07, 6.45) is -0.367. The quantitative estimate of drug-likeness (QED) is 0.756. The number of anilines is 1. The van der Waals surface area contributed by atoms with Crippen molar-refractivity contribution in [2.24, 2.45) is 0 Å². The van der Waals surface area contributed by atoms with Gasteiger partial charge in [-0.2, -0.15) is 0 Å². The number of aryl methyl sites for hydroxylation is 2. The second-order valence-corrected chi connectivity index (χ2v) is 7.83. The Hall–Kier alpha value is -2.87. The Morgan fingerprint density at radius 2 is 1.77 bits per heavy atom. The van der Waals surface area contributed by atoms with E-state index in [0.717, 1.165) is 24.3 Å². The standard InChI is InChI=1S/C22H28N4O4/c1-16-19(17(2)30-23-16)14-21(27)26-12-13-29-20(15-26)22(28)25-10-8-24(9-11-25)18-6-4-3-5-7-18/h3-7,20H,8-15H2,1-2H3. The number of para-hydroxylation sites is 1. The number of piperazine rings is 1. The van der Waals surface area contributed by atoms with E-state index >= 15 is 0 Å². The number of hydrogen-bond donors (Lipinski definition) is 0. The first kappa shape index (κ1) is 20.4. The number of ether oxygens (including phenoxy) is 1. The number of aromatic nitrogens is 1. The van der Waals surface area contributed by atoms with Crippen LogP contribution < -0.4 is 4.90 Å². The van der Waals surface area contributed by atoms with Crippen molar-refractivity contribution < 1.29 is 18.8 Å². The van der Waals surface area contributed by atoms with E-state index < -0.39 is 6.10 Å². The van der Waals surface area contributed by atoms with E-state index in [1.807, 2.05) is 36.9 Å². The topological polar surface area (TPSA) is 79.1 Å². The molecule has 0 radical (unpaired) electrons. The van der Waals surface area contributed by atoms with Crippen LogP contribution in [0.2, 0.25) is 0 Å². The van der Waals surface area contributed by atoms with Gasteiger partial charge in [-0.1, -0.05) is 23.4 Å². The number of carbonyl (C=O) groups excluding carboxylic acids is 2. The molecule has 1 aromatic carbocycles. The Balaban J connectivity index is 1.32. The third-order valence-electron chi connectivity index (χ3n) is 5.92. The minimum Gasteiger partial charge on any atom is -0.368 e. The average Bonchev–Trinajstić information content (AvgIpc) is 3.11. The van der Waals surface area contributed by atoms with Gasteiger partial charge in [-0.3, -0.25) is 9.59 Å². The molecule has 160 valence electrons. The Morgan fingerprint density at radius 3 is 2.43 bits per heavy atom. The maximum Gasteiger partial charge on any atom is 0.253 e. The summed E-state index contributed by atoms with van der Waals surface area (Å²) in [6, 6.07) is 10.2. The van der Waals surface area contributed by atoms with E-state index in [9.17, 15) is 9.59 Å². The highest BCUT2D eigenvalue weighted by Gasteiger charge is 2.34. The van der Waals surface area contributed by atoms with Crippen molar-refractivity contribution in [3.8, 4) is 0 Å². The molecule has 1 unspecified atom stereocenters. The highest BCUT2D eigenvalue weighted by Crippen LogP contribution is 2.18. The summed E-state index contributed by atoms with van der Waals surface area (Å²) < 4.78 is 10.9. The van der Waals surface area contributed by atoms with E-state index in [1.54, 1.807) is 4.90 Å². The molecule has 0 spiro atoms. The van der Waals surface area contributed by atoms with Gasteiger partial charge in [-0.15, -0.1) is 0 Å². The molecule has 1 aromatic heterocycles. The monoisotopic (exact) mass is 412 g/mol. The molecule has 2 aromatic rings. The molecule has 1 atom stereocenters. The molecule has 8 nitrogen and oxygen atoms in total. The molecule has 4 rings (SSSR count). The number of amides is 2. The number of rotatable bonds is 4. The summed E-state index contributed by atoms with van der Waals surface area (Å²) in [5.74, 6) is 0.606. The van der Waals surface area contributed by atoms with Crippen LogP contribution in [0.5, 0.6) is 0 Å². The normalized spacial score (nSPS) is 19.8. The summed E-state index contributed by atoms with van der Waals surface area (Å²) in [4.78, 5) is 31.6. The van der Waals surface area contributed by atoms with Crippen LogP contribution in [-0.4, -0.2) is 78.8 Å². The van der Waals surface area contributed by atoms with E-state index in [0.29, 0.717) is 38.5 Å². The second-order valence-electron chi connectivity index (χ2n) is 7.83. The Morgan fingerprint density at radius 1 is 1.03 bits per heavy atom. The summed E-state index contributed by atoms with van der Waals surface area (Å²) in [5, 5.41) is 3.91. The SMILES string of the molecule is Cc1noc(C)c1CC(=O)N1CCOC(C(=O)N2CCN(c3ccccc3)CC2)C1. The number of nitrogens with zero attached hydrogens (tertiary/aromatic N) is 4. The highest BCUT2D eigenvalue weighted by molar-refractivity contribution is 5.84. The zero-order valence-electron chi connectivity index (χ0n) is 17.5. The summed E-state index contributed by atoms with van der Waals surface area (Å²) >= 11 is 0. The summed E-state index contributed by atoms with van der Waals surface area (Å²) in [7, 11) is 0. The van der Waals surface area contributed by atoms with Crippen molar-refractivity contribution in [2.75, 3.05) is 50.8 Å². The predicted molar refractivity (Wildman–Crippen MR) is 111 cm³/mol. The fourth-order valence-electron chi connectivity index (χ4n) is 4.07. The lowest BCUT2D eigenvalue weighted by Crippen LogP contribution is -2.56. The van der Waals surface area contributed by atoms with Gasteiger partial charge in [-0.25, -0.2) is 0 Å². The number of hydrogen-bond acceptors (Lipinski definition) is 6. The molecule has 0 saturated carbocycles. The molecule has 8 heteroatoms. The number of carbonyl (C=O) groups is 2. The zero-order valence-corrected chi connectivity index (χ0v) is 17.5. The lowest BCUT2D eigenvalue weighted by molar-refractivity contribution is -0.154. The van der Waals surface area contributed by atoms with Gasteiger partial charge in [0, 0.05) is 44.0 Å². The van der Waals surface area contributed by atoms with Gasteiger partial charge in [0.05, 0.1) is 25.3 Å². The number of benzene rings is 1. The van der Waals surface area contributed by atoms with Crippen molar-refractivity contribution >= 4 is 17.5 Å². The van der Waals surface area contributed by atoms with Gasteiger partial charge in [0.25, 0.3) is 5.91 Å². The van der Waals surface area contributed by atoms with Crippen LogP contribution in [-0.2, 0) is 20.7 Å². The van der Waals surface area contributed by atoms with Gasteiger partial charge in [0.15, 0.2) is 6.10 Å². The van der Waals surface area contributed by atoms with Gasteiger partial charge < -0.3 is 24.0 Å². The first-order chi connectivity index (χ1) is 14.5. The molecule has 0 N–H and O–H groups in total. The van der Waals surface area contributed by atoms with E-state index in [2.05, 4.69) is 22.2 Å². The third kappa shape index (κ3) is 4.33. The van der Waals surface area contributed by atoms with Crippen LogP contribution in [0.1, 0.15) is 17.0 Å². The first-order valence-corrected chi connectivity index (χ1v) is 10.4. The molecule has 3 heterocycles. The van der Waals surface area contributed by atoms with Crippen molar-refractivity contribution in [3.63, 3.8) is 0 Å². The van der Waals surface area contributed by atoms with Crippen LogP contribution in [0, 0.1) is 13.8 Å². The minimum atomic E-state index is -0.601. The molecule has 2 aliphatic rings. The van der Waals surface area contributed by atoms with Gasteiger partial charge >= 0.3 is 0 Å². The van der Waals surface area contributed by atoms with Gasteiger partial charge in [0.2, 0.25) is 5.91 Å². The van der Waals surface area contributed by atoms with Crippen LogP contribution in [0.15, 0.2) is 34.9 Å². The first-order valence-electron chi connectivity index (χ1n) is 10.4. The third-order valence-corrected chi connectivity index (χ3v) is 5.92. The molecular weight excluding hydrogens is 384 g/mol. The van der Waals surface area contributed by atoms with Gasteiger partial charge in [0.1, 0.15) is 5.76 Å². The maximum absolute atomic E-state index is 13.0. The van der Waals surface area contributed by atoms with Crippen molar-refractivity contribution in [3.05, 3.63) is 47.3 Å². The molecule has 2 saturated heterocycles. The van der Waals surface area contributed by atoms with Crippen LogP contribution in [0.3, 0.4) is 0 Å². The molecule has 0 aliphatic carbocycles. The zero-order chi connectivity index (χ0) is 21.1. The predicted octanol–water partition coefficient (Wildman–Crippen LogP) is 1.41. The second kappa shape index (κ2) is 8.87. The average molecular weight is 412 g/mol. The van der Waals surface area contributed by atoms with Crippen molar-refractivity contribution in [1.29, 1.82) is 0 Å². The molecular formula is C22H28N4O4.